The molecular weight excluding hydrogens is 264 g/mol. The molecule has 2 N–H and O–H groups in total. The summed E-state index contributed by atoms with van der Waals surface area (Å²) < 4.78 is 7.38. The maximum atomic E-state index is 9.26. The van der Waals surface area contributed by atoms with E-state index in [0.717, 1.165) is 17.5 Å². The summed E-state index contributed by atoms with van der Waals surface area (Å²) in [6.45, 7) is 6.45. The van der Waals surface area contributed by atoms with Crippen molar-refractivity contribution in [3.05, 3.63) is 41.0 Å². The summed E-state index contributed by atoms with van der Waals surface area (Å²) in [5, 5.41) is 13.6. The second kappa shape index (κ2) is 6.31. The van der Waals surface area contributed by atoms with Gasteiger partial charge in [0.05, 0.1) is 6.04 Å². The number of nitrogens with zero attached hydrogens (tertiary/aromatic N) is 3. The molecule has 1 heterocycles. The Bertz CT molecular complexity index is 669. The molecule has 0 spiro atoms. The van der Waals surface area contributed by atoms with E-state index in [1.165, 1.54) is 0 Å². The molecule has 0 bridgehead atoms. The van der Waals surface area contributed by atoms with Gasteiger partial charge in [0.15, 0.2) is 5.56 Å². The number of ether oxygens (including phenoxy) is 1. The number of nitrogens with two attached hydrogens (primary N) is 1. The Morgan fingerprint density at radius 1 is 1.43 bits per heavy atom. The molecule has 0 aliphatic carbocycles. The van der Waals surface area contributed by atoms with Gasteiger partial charge < -0.3 is 10.5 Å². The van der Waals surface area contributed by atoms with Crippen molar-refractivity contribution in [1.29, 1.82) is 5.26 Å². The van der Waals surface area contributed by atoms with Crippen LogP contribution in [0.1, 0.15) is 43.0 Å². The Morgan fingerprint density at radius 2 is 2.14 bits per heavy atom. The highest BCUT2D eigenvalue weighted by molar-refractivity contribution is 5.55. The molecule has 21 heavy (non-hydrogen) atoms. The number of hydrogen-bond donors (Lipinski definition) is 1. The second-order valence-corrected chi connectivity index (χ2v) is 5.09. The molecule has 1 aromatic carbocycles. The van der Waals surface area contributed by atoms with Crippen LogP contribution in [0.3, 0.4) is 0 Å². The number of anilines is 1. The summed E-state index contributed by atoms with van der Waals surface area (Å²) in [4.78, 5) is 0. The minimum Gasteiger partial charge on any atom is -0.471 e. The molecule has 0 fully saturated rings. The van der Waals surface area contributed by atoms with Gasteiger partial charge in [-0.3, -0.25) is 0 Å². The molecule has 1 unspecified atom stereocenters. The lowest BCUT2D eigenvalue weighted by molar-refractivity contribution is 0.285. The van der Waals surface area contributed by atoms with E-state index in [2.05, 4.69) is 11.2 Å². The van der Waals surface area contributed by atoms with E-state index in [4.69, 9.17) is 10.5 Å². The minimum absolute atomic E-state index is 0.132. The first kappa shape index (κ1) is 14.9. The van der Waals surface area contributed by atoms with Crippen LogP contribution in [0.5, 0.6) is 5.88 Å². The minimum atomic E-state index is 0.132. The van der Waals surface area contributed by atoms with E-state index in [9.17, 15) is 5.26 Å². The van der Waals surface area contributed by atoms with Gasteiger partial charge in [0.1, 0.15) is 18.5 Å². The molecule has 0 saturated carbocycles. The molecule has 110 valence electrons. The van der Waals surface area contributed by atoms with Crippen molar-refractivity contribution in [2.24, 2.45) is 0 Å². The normalized spacial score (nSPS) is 11.9. The van der Waals surface area contributed by atoms with E-state index in [0.29, 0.717) is 23.9 Å². The van der Waals surface area contributed by atoms with Crippen LogP contribution in [0.2, 0.25) is 0 Å². The Hall–Kier alpha value is -2.48. The molecule has 0 radical (unpaired) electrons. The smallest absolute Gasteiger partial charge is 0.253 e. The second-order valence-electron chi connectivity index (χ2n) is 5.09. The summed E-state index contributed by atoms with van der Waals surface area (Å²) >= 11 is 0. The van der Waals surface area contributed by atoms with Gasteiger partial charge >= 0.3 is 0 Å². The first-order chi connectivity index (χ1) is 10.1. The van der Waals surface area contributed by atoms with Crippen molar-refractivity contribution in [3.8, 4) is 11.9 Å². The maximum Gasteiger partial charge on any atom is 0.253 e. The Balaban J connectivity index is 2.25. The Labute approximate surface area is 124 Å². The predicted molar refractivity (Wildman–Crippen MR) is 81.9 cm³/mol. The molecule has 0 saturated heterocycles. The third kappa shape index (κ3) is 3.00. The van der Waals surface area contributed by atoms with Gasteiger partial charge in [0, 0.05) is 0 Å². The standard InChI is InChI=1S/C16H20N4O/c1-4-12(3)20-15(18)14(9-17)16(19-20)21-10-13-8-6-5-7-11(13)2/h5-8,12H,4,10,18H2,1-3H3. The van der Waals surface area contributed by atoms with Crippen LogP contribution in [0.25, 0.3) is 0 Å². The third-order valence-corrected chi connectivity index (χ3v) is 3.66. The highest BCUT2D eigenvalue weighted by atomic mass is 16.5. The summed E-state index contributed by atoms with van der Waals surface area (Å²) in [7, 11) is 0. The van der Waals surface area contributed by atoms with Crippen LogP contribution in [0.15, 0.2) is 24.3 Å². The fourth-order valence-corrected chi connectivity index (χ4v) is 2.06. The van der Waals surface area contributed by atoms with Gasteiger partial charge in [-0.25, -0.2) is 4.68 Å². The maximum absolute atomic E-state index is 9.26. The van der Waals surface area contributed by atoms with E-state index < -0.39 is 0 Å². The Morgan fingerprint density at radius 3 is 2.76 bits per heavy atom. The molecule has 1 aromatic heterocycles. The van der Waals surface area contributed by atoms with Crippen LogP contribution in [0.4, 0.5) is 5.82 Å². The van der Waals surface area contributed by atoms with Crippen molar-refractivity contribution < 1.29 is 4.74 Å². The van der Waals surface area contributed by atoms with E-state index in [1.807, 2.05) is 45.0 Å². The molecule has 5 heteroatoms. The Kier molecular flexibility index (Phi) is 4.49. The fraction of sp³-hybridized carbons (Fsp3) is 0.375. The number of benzene rings is 1. The number of rotatable bonds is 5. The number of aryl methyl sites for hydroxylation is 1. The lowest BCUT2D eigenvalue weighted by Gasteiger charge is -2.10. The number of aromatic nitrogens is 2. The van der Waals surface area contributed by atoms with Crippen LogP contribution in [-0.4, -0.2) is 9.78 Å². The van der Waals surface area contributed by atoms with Crippen molar-refractivity contribution in [1.82, 2.24) is 9.78 Å². The van der Waals surface area contributed by atoms with Crippen molar-refractivity contribution in [3.63, 3.8) is 0 Å². The van der Waals surface area contributed by atoms with Gasteiger partial charge in [-0.2, -0.15) is 5.26 Å². The highest BCUT2D eigenvalue weighted by Crippen LogP contribution is 2.27. The van der Waals surface area contributed by atoms with Gasteiger partial charge in [-0.15, -0.1) is 5.10 Å². The largest absolute Gasteiger partial charge is 0.471 e. The fourth-order valence-electron chi connectivity index (χ4n) is 2.06. The van der Waals surface area contributed by atoms with Gasteiger partial charge in [0.2, 0.25) is 0 Å². The zero-order valence-electron chi connectivity index (χ0n) is 12.6. The first-order valence-electron chi connectivity index (χ1n) is 7.03. The lowest BCUT2D eigenvalue weighted by Crippen LogP contribution is -2.09. The van der Waals surface area contributed by atoms with Crippen LogP contribution in [-0.2, 0) is 6.61 Å². The first-order valence-corrected chi connectivity index (χ1v) is 7.03. The topological polar surface area (TPSA) is 76.9 Å². The molecule has 2 rings (SSSR count). The molecular formula is C16H20N4O. The van der Waals surface area contributed by atoms with Crippen LogP contribution in [0, 0.1) is 18.3 Å². The summed E-state index contributed by atoms with van der Waals surface area (Å²) in [5.41, 5.74) is 8.51. The predicted octanol–water partition coefficient (Wildman–Crippen LogP) is 3.20. The summed E-state index contributed by atoms with van der Waals surface area (Å²) in [6, 6.07) is 10.2. The van der Waals surface area contributed by atoms with Gasteiger partial charge in [-0.05, 0) is 31.4 Å². The van der Waals surface area contributed by atoms with Gasteiger partial charge in [-0.1, -0.05) is 31.2 Å². The average Bonchev–Trinajstić information content (AvgIpc) is 2.81. The third-order valence-electron chi connectivity index (χ3n) is 3.66. The van der Waals surface area contributed by atoms with Crippen molar-refractivity contribution >= 4 is 5.82 Å². The van der Waals surface area contributed by atoms with Crippen molar-refractivity contribution in [2.75, 3.05) is 5.73 Å². The molecule has 1 atom stereocenters. The summed E-state index contributed by atoms with van der Waals surface area (Å²) in [5.74, 6) is 0.671. The molecule has 0 aliphatic rings. The zero-order chi connectivity index (χ0) is 15.4. The zero-order valence-corrected chi connectivity index (χ0v) is 12.6. The SMILES string of the molecule is CCC(C)n1nc(OCc2ccccc2C)c(C#N)c1N. The highest BCUT2D eigenvalue weighted by Gasteiger charge is 2.19. The summed E-state index contributed by atoms with van der Waals surface area (Å²) in [6.07, 6.45) is 0.883. The number of nitrogen functional groups attached to an aromatic ring is 1. The number of nitriles is 1. The average molecular weight is 284 g/mol. The van der Waals surface area contributed by atoms with E-state index in [1.54, 1.807) is 4.68 Å². The quantitative estimate of drug-likeness (QED) is 0.914. The molecule has 0 aliphatic heterocycles. The lowest BCUT2D eigenvalue weighted by atomic mass is 10.1. The van der Waals surface area contributed by atoms with E-state index in [-0.39, 0.29) is 6.04 Å². The molecule has 2 aromatic rings. The van der Waals surface area contributed by atoms with Crippen molar-refractivity contribution in [2.45, 2.75) is 39.8 Å². The van der Waals surface area contributed by atoms with Gasteiger partial charge in [0.25, 0.3) is 5.88 Å². The van der Waals surface area contributed by atoms with E-state index >= 15 is 0 Å². The molecule has 5 nitrogen and oxygen atoms in total. The number of hydrogen-bond acceptors (Lipinski definition) is 4. The monoisotopic (exact) mass is 284 g/mol. The van der Waals surface area contributed by atoms with Crippen LogP contribution >= 0.6 is 0 Å². The van der Waals surface area contributed by atoms with Crippen LogP contribution < -0.4 is 10.5 Å². The molecule has 0 amide bonds.